The molecule has 3 aromatic rings. The molecule has 0 radical (unpaired) electrons. The van der Waals surface area contributed by atoms with Gasteiger partial charge in [-0.05, 0) is 42.0 Å². The Morgan fingerprint density at radius 1 is 1.15 bits per heavy atom. The fraction of sp³-hybridized carbons (Fsp3) is 0.211. The van der Waals surface area contributed by atoms with Crippen molar-refractivity contribution in [2.75, 3.05) is 13.9 Å². The van der Waals surface area contributed by atoms with Crippen molar-refractivity contribution in [2.24, 2.45) is 0 Å². The van der Waals surface area contributed by atoms with Crippen LogP contribution in [0.4, 0.5) is 0 Å². The molecule has 136 valence electrons. The lowest BCUT2D eigenvalue weighted by Crippen LogP contribution is -2.20. The molecule has 0 saturated carbocycles. The second-order valence-corrected chi connectivity index (χ2v) is 7.35. The fourth-order valence-corrected chi connectivity index (χ4v) is 4.26. The highest BCUT2D eigenvalue weighted by atomic mass is 32.2. The maximum Gasteiger partial charge on any atom is 0.250 e. The van der Waals surface area contributed by atoms with E-state index in [2.05, 4.69) is 10.1 Å². The fourth-order valence-electron chi connectivity index (χ4n) is 3.11. The SMILES string of the molecule is COc1ccc(-c2nc3n(n2)C(=O)CC(c2ccc4c(c2)OCO4)S3)cc1. The zero-order valence-corrected chi connectivity index (χ0v) is 15.2. The quantitative estimate of drug-likeness (QED) is 0.687. The van der Waals surface area contributed by atoms with Crippen LogP contribution in [0.3, 0.4) is 0 Å². The standard InChI is InChI=1S/C19H15N3O4S/c1-24-13-5-2-11(3-6-13)18-20-19-22(21-18)17(23)9-16(27-19)12-4-7-14-15(8-12)26-10-25-14/h2-8,16H,9-10H2,1H3. The Kier molecular flexibility index (Phi) is 3.78. The molecule has 1 unspecified atom stereocenters. The Bertz CT molecular complexity index is 1030. The number of benzene rings is 2. The maximum atomic E-state index is 12.6. The number of carbonyl (C=O) groups is 1. The molecule has 2 aromatic carbocycles. The summed E-state index contributed by atoms with van der Waals surface area (Å²) in [5.74, 6) is 2.66. The number of carbonyl (C=O) groups excluding carboxylic acids is 1. The first-order chi connectivity index (χ1) is 13.2. The zero-order valence-electron chi connectivity index (χ0n) is 14.4. The van der Waals surface area contributed by atoms with E-state index in [9.17, 15) is 4.79 Å². The molecular weight excluding hydrogens is 366 g/mol. The van der Waals surface area contributed by atoms with Crippen molar-refractivity contribution in [3.05, 3.63) is 48.0 Å². The predicted octanol–water partition coefficient (Wildman–Crippen LogP) is 3.56. The van der Waals surface area contributed by atoms with Gasteiger partial charge in [-0.25, -0.2) is 4.98 Å². The van der Waals surface area contributed by atoms with Crippen molar-refractivity contribution in [2.45, 2.75) is 16.8 Å². The summed E-state index contributed by atoms with van der Waals surface area (Å²) >= 11 is 1.53. The van der Waals surface area contributed by atoms with E-state index in [4.69, 9.17) is 14.2 Å². The predicted molar refractivity (Wildman–Crippen MR) is 98.4 cm³/mol. The number of ether oxygens (including phenoxy) is 3. The molecule has 0 N–H and O–H groups in total. The van der Waals surface area contributed by atoms with Gasteiger partial charge in [0.2, 0.25) is 6.79 Å². The number of thioether (sulfide) groups is 1. The first-order valence-electron chi connectivity index (χ1n) is 8.42. The van der Waals surface area contributed by atoms with Gasteiger partial charge in [0.1, 0.15) is 5.75 Å². The Hall–Kier alpha value is -3.00. The summed E-state index contributed by atoms with van der Waals surface area (Å²) in [5, 5.41) is 4.96. The highest BCUT2D eigenvalue weighted by Crippen LogP contribution is 2.44. The normalized spacial score (nSPS) is 17.7. The van der Waals surface area contributed by atoms with Crippen LogP contribution >= 0.6 is 11.8 Å². The van der Waals surface area contributed by atoms with Crippen LogP contribution in [0.25, 0.3) is 11.4 Å². The minimum Gasteiger partial charge on any atom is -0.497 e. The second-order valence-electron chi connectivity index (χ2n) is 6.18. The summed E-state index contributed by atoms with van der Waals surface area (Å²) in [5.41, 5.74) is 1.85. The molecule has 0 bridgehead atoms. The summed E-state index contributed by atoms with van der Waals surface area (Å²) in [6.45, 7) is 0.231. The van der Waals surface area contributed by atoms with Crippen molar-refractivity contribution in [1.29, 1.82) is 0 Å². The van der Waals surface area contributed by atoms with Crippen molar-refractivity contribution in [3.8, 4) is 28.6 Å². The summed E-state index contributed by atoms with van der Waals surface area (Å²) in [6.07, 6.45) is 0.350. The monoisotopic (exact) mass is 381 g/mol. The number of rotatable bonds is 3. The lowest BCUT2D eigenvalue weighted by molar-refractivity contribution is 0.0868. The van der Waals surface area contributed by atoms with E-state index < -0.39 is 0 Å². The highest BCUT2D eigenvalue weighted by Gasteiger charge is 2.31. The van der Waals surface area contributed by atoms with E-state index in [0.29, 0.717) is 23.2 Å². The third kappa shape index (κ3) is 2.82. The molecule has 27 heavy (non-hydrogen) atoms. The van der Waals surface area contributed by atoms with Gasteiger partial charge in [-0.3, -0.25) is 4.79 Å². The van der Waals surface area contributed by atoms with Crippen molar-refractivity contribution >= 4 is 17.7 Å². The molecule has 1 atom stereocenters. The lowest BCUT2D eigenvalue weighted by atomic mass is 10.1. The van der Waals surface area contributed by atoms with Gasteiger partial charge in [-0.2, -0.15) is 4.68 Å². The first-order valence-corrected chi connectivity index (χ1v) is 9.30. The summed E-state index contributed by atoms with van der Waals surface area (Å²) in [7, 11) is 1.62. The van der Waals surface area contributed by atoms with Gasteiger partial charge in [0.15, 0.2) is 22.5 Å². The number of hydrogen-bond acceptors (Lipinski definition) is 7. The molecule has 1 aromatic heterocycles. The molecule has 0 saturated heterocycles. The summed E-state index contributed by atoms with van der Waals surface area (Å²) in [6, 6.07) is 13.2. The summed E-state index contributed by atoms with van der Waals surface area (Å²) in [4.78, 5) is 17.2. The third-order valence-corrected chi connectivity index (χ3v) is 5.74. The molecule has 0 aliphatic carbocycles. The smallest absolute Gasteiger partial charge is 0.250 e. The number of methoxy groups -OCH3 is 1. The van der Waals surface area contributed by atoms with Gasteiger partial charge in [-0.1, -0.05) is 17.8 Å². The van der Waals surface area contributed by atoms with E-state index in [1.807, 2.05) is 42.5 Å². The Morgan fingerprint density at radius 3 is 2.78 bits per heavy atom. The van der Waals surface area contributed by atoms with Gasteiger partial charge in [0.05, 0.1) is 7.11 Å². The van der Waals surface area contributed by atoms with Crippen LogP contribution < -0.4 is 14.2 Å². The summed E-state index contributed by atoms with van der Waals surface area (Å²) < 4.78 is 17.4. The molecule has 2 aliphatic rings. The number of hydrogen-bond donors (Lipinski definition) is 0. The molecule has 3 heterocycles. The van der Waals surface area contributed by atoms with Gasteiger partial charge in [0, 0.05) is 17.2 Å². The minimum atomic E-state index is -0.0707. The van der Waals surface area contributed by atoms with E-state index in [-0.39, 0.29) is 18.0 Å². The van der Waals surface area contributed by atoms with Crippen LogP contribution in [-0.2, 0) is 0 Å². The van der Waals surface area contributed by atoms with E-state index >= 15 is 0 Å². The van der Waals surface area contributed by atoms with Crippen LogP contribution in [0.1, 0.15) is 22.0 Å². The van der Waals surface area contributed by atoms with E-state index in [1.165, 1.54) is 16.4 Å². The largest absolute Gasteiger partial charge is 0.497 e. The highest BCUT2D eigenvalue weighted by molar-refractivity contribution is 7.99. The van der Waals surface area contributed by atoms with Gasteiger partial charge in [-0.15, -0.1) is 5.10 Å². The van der Waals surface area contributed by atoms with Crippen LogP contribution in [0.5, 0.6) is 17.2 Å². The van der Waals surface area contributed by atoms with Gasteiger partial charge in [0.25, 0.3) is 5.91 Å². The molecule has 7 nitrogen and oxygen atoms in total. The molecular formula is C19H15N3O4S. The minimum absolute atomic E-state index is 0.0348. The lowest BCUT2D eigenvalue weighted by Gasteiger charge is -2.20. The molecule has 0 spiro atoms. The Morgan fingerprint density at radius 2 is 1.96 bits per heavy atom. The molecule has 0 fully saturated rings. The van der Waals surface area contributed by atoms with Crippen LogP contribution in [0.15, 0.2) is 47.6 Å². The number of aromatic nitrogens is 3. The molecule has 2 aliphatic heterocycles. The first kappa shape index (κ1) is 16.2. The Balaban J connectivity index is 1.45. The van der Waals surface area contributed by atoms with Gasteiger partial charge < -0.3 is 14.2 Å². The van der Waals surface area contributed by atoms with Gasteiger partial charge >= 0.3 is 0 Å². The molecule has 5 rings (SSSR count). The maximum absolute atomic E-state index is 12.6. The van der Waals surface area contributed by atoms with E-state index in [1.54, 1.807) is 7.11 Å². The number of fused-ring (bicyclic) bond motifs is 2. The van der Waals surface area contributed by atoms with Crippen LogP contribution in [-0.4, -0.2) is 34.6 Å². The second kappa shape index (κ2) is 6.31. The molecule has 8 heteroatoms. The van der Waals surface area contributed by atoms with Crippen molar-refractivity contribution in [1.82, 2.24) is 14.8 Å². The number of nitrogens with zero attached hydrogens (tertiary/aromatic N) is 3. The average Bonchev–Trinajstić information content (AvgIpc) is 3.34. The Labute approximate surface area is 159 Å². The average molecular weight is 381 g/mol. The zero-order chi connectivity index (χ0) is 18.4. The molecule has 0 amide bonds. The third-order valence-electron chi connectivity index (χ3n) is 4.54. The van der Waals surface area contributed by atoms with Crippen LogP contribution in [0, 0.1) is 0 Å². The topological polar surface area (TPSA) is 75.5 Å². The van der Waals surface area contributed by atoms with Crippen molar-refractivity contribution in [3.63, 3.8) is 0 Å². The van der Waals surface area contributed by atoms with E-state index in [0.717, 1.165) is 22.6 Å². The van der Waals surface area contributed by atoms with Crippen molar-refractivity contribution < 1.29 is 19.0 Å². The van der Waals surface area contributed by atoms with Crippen LogP contribution in [0.2, 0.25) is 0 Å².